The fourth-order valence-corrected chi connectivity index (χ4v) is 3.73. The summed E-state index contributed by atoms with van der Waals surface area (Å²) < 4.78 is 5.73. The molecule has 1 aliphatic rings. The minimum atomic E-state index is -0.279. The Morgan fingerprint density at radius 1 is 1.13 bits per heavy atom. The normalized spacial score (nSPS) is 16.3. The average Bonchev–Trinajstić information content (AvgIpc) is 3.17. The number of aromatic nitrogens is 1. The molecule has 1 atom stereocenters. The van der Waals surface area contributed by atoms with E-state index in [-0.39, 0.29) is 17.7 Å². The number of hydrogen-bond donors (Lipinski definition) is 1. The maximum Gasteiger partial charge on any atom is 0.276 e. The number of carbonyl (C=O) groups is 2. The topological polar surface area (TPSA) is 75.4 Å². The lowest BCUT2D eigenvalue weighted by Gasteiger charge is -2.31. The third kappa shape index (κ3) is 4.39. The van der Waals surface area contributed by atoms with Crippen LogP contribution < -0.4 is 5.32 Å². The van der Waals surface area contributed by atoms with Crippen molar-refractivity contribution < 1.29 is 14.0 Å². The summed E-state index contributed by atoms with van der Waals surface area (Å²) in [4.78, 5) is 31.9. The van der Waals surface area contributed by atoms with Crippen LogP contribution in [-0.2, 0) is 4.79 Å². The standard InChI is InChI=1S/C23H22ClN3O3/c1-15-20(26-22(30-15)16-6-3-2-4-7-16)23(29)27-13-5-8-17(14-27)21(28)25-19-11-9-18(24)10-12-19/h2-4,6-7,9-12,17H,5,8,13-14H2,1H3,(H,25,28). The summed E-state index contributed by atoms with van der Waals surface area (Å²) in [6, 6.07) is 16.4. The van der Waals surface area contributed by atoms with E-state index in [1.807, 2.05) is 30.3 Å². The summed E-state index contributed by atoms with van der Waals surface area (Å²) in [5.74, 6) is 0.315. The van der Waals surface area contributed by atoms with E-state index in [2.05, 4.69) is 10.3 Å². The highest BCUT2D eigenvalue weighted by atomic mass is 35.5. The molecular formula is C23H22ClN3O3. The molecule has 1 saturated heterocycles. The van der Waals surface area contributed by atoms with Gasteiger partial charge in [0, 0.05) is 29.4 Å². The van der Waals surface area contributed by atoms with E-state index in [0.29, 0.717) is 41.1 Å². The lowest BCUT2D eigenvalue weighted by molar-refractivity contribution is -0.121. The van der Waals surface area contributed by atoms with Crippen molar-refractivity contribution in [3.05, 3.63) is 71.1 Å². The van der Waals surface area contributed by atoms with Crippen LogP contribution in [0.3, 0.4) is 0 Å². The van der Waals surface area contributed by atoms with E-state index in [4.69, 9.17) is 16.0 Å². The van der Waals surface area contributed by atoms with E-state index < -0.39 is 0 Å². The number of anilines is 1. The summed E-state index contributed by atoms with van der Waals surface area (Å²) in [6.07, 6.45) is 1.49. The van der Waals surface area contributed by atoms with Gasteiger partial charge in [0.2, 0.25) is 11.8 Å². The highest BCUT2D eigenvalue weighted by molar-refractivity contribution is 6.30. The number of likely N-dealkylation sites (tertiary alicyclic amines) is 1. The average molecular weight is 424 g/mol. The lowest BCUT2D eigenvalue weighted by atomic mass is 9.96. The SMILES string of the molecule is Cc1oc(-c2ccccc2)nc1C(=O)N1CCCC(C(=O)Nc2ccc(Cl)cc2)C1. The van der Waals surface area contributed by atoms with Gasteiger partial charge in [0.15, 0.2) is 5.69 Å². The Balaban J connectivity index is 1.45. The number of amides is 2. The molecule has 2 aromatic carbocycles. The van der Waals surface area contributed by atoms with Crippen LogP contribution in [0.15, 0.2) is 59.0 Å². The largest absolute Gasteiger partial charge is 0.441 e. The smallest absolute Gasteiger partial charge is 0.276 e. The molecule has 1 aliphatic heterocycles. The molecular weight excluding hydrogens is 402 g/mol. The molecule has 1 aromatic heterocycles. The maximum atomic E-state index is 13.1. The van der Waals surface area contributed by atoms with Gasteiger partial charge in [-0.2, -0.15) is 0 Å². The van der Waals surface area contributed by atoms with Crippen molar-refractivity contribution in [3.8, 4) is 11.5 Å². The fourth-order valence-electron chi connectivity index (χ4n) is 3.60. The van der Waals surface area contributed by atoms with Gasteiger partial charge in [0.1, 0.15) is 5.76 Å². The predicted octanol–water partition coefficient (Wildman–Crippen LogP) is 4.79. The molecule has 0 saturated carbocycles. The van der Waals surface area contributed by atoms with Gasteiger partial charge in [0.25, 0.3) is 5.91 Å². The molecule has 1 unspecified atom stereocenters. The Labute approximate surface area is 179 Å². The summed E-state index contributed by atoms with van der Waals surface area (Å²) >= 11 is 5.89. The molecule has 1 fully saturated rings. The first-order valence-corrected chi connectivity index (χ1v) is 10.3. The number of nitrogens with zero attached hydrogens (tertiary/aromatic N) is 2. The Morgan fingerprint density at radius 3 is 2.60 bits per heavy atom. The third-order valence-electron chi connectivity index (χ3n) is 5.21. The number of halogens is 1. The van der Waals surface area contributed by atoms with Crippen LogP contribution in [0.2, 0.25) is 5.02 Å². The summed E-state index contributed by atoms with van der Waals surface area (Å²) in [6.45, 7) is 2.68. The number of hydrogen-bond acceptors (Lipinski definition) is 4. The molecule has 3 aromatic rings. The third-order valence-corrected chi connectivity index (χ3v) is 5.46. The van der Waals surface area contributed by atoms with E-state index in [9.17, 15) is 9.59 Å². The number of nitrogens with one attached hydrogen (secondary N) is 1. The van der Waals surface area contributed by atoms with Crippen LogP contribution in [-0.4, -0.2) is 34.8 Å². The number of rotatable bonds is 4. The Hall–Kier alpha value is -3.12. The van der Waals surface area contributed by atoms with Gasteiger partial charge in [0.05, 0.1) is 5.92 Å². The minimum absolute atomic E-state index is 0.100. The monoisotopic (exact) mass is 423 g/mol. The molecule has 7 heteroatoms. The number of aryl methyl sites for hydroxylation is 1. The number of benzene rings is 2. The second-order valence-electron chi connectivity index (χ2n) is 7.38. The number of piperidine rings is 1. The molecule has 2 amide bonds. The van der Waals surface area contributed by atoms with Gasteiger partial charge in [-0.25, -0.2) is 4.98 Å². The first-order valence-electron chi connectivity index (χ1n) is 9.90. The predicted molar refractivity (Wildman–Crippen MR) is 115 cm³/mol. The quantitative estimate of drug-likeness (QED) is 0.654. The minimum Gasteiger partial charge on any atom is -0.441 e. The van der Waals surface area contributed by atoms with Gasteiger partial charge in [-0.15, -0.1) is 0 Å². The van der Waals surface area contributed by atoms with E-state index in [0.717, 1.165) is 18.4 Å². The number of oxazole rings is 1. The zero-order chi connectivity index (χ0) is 21.1. The van der Waals surface area contributed by atoms with Gasteiger partial charge < -0.3 is 14.6 Å². The van der Waals surface area contributed by atoms with Crippen LogP contribution >= 0.6 is 11.6 Å². The summed E-state index contributed by atoms with van der Waals surface area (Å²) in [5, 5.41) is 3.52. The van der Waals surface area contributed by atoms with E-state index in [1.165, 1.54) is 0 Å². The zero-order valence-corrected chi connectivity index (χ0v) is 17.4. The second kappa shape index (κ2) is 8.71. The maximum absolute atomic E-state index is 13.1. The highest BCUT2D eigenvalue weighted by Crippen LogP contribution is 2.25. The van der Waals surface area contributed by atoms with Crippen LogP contribution in [0.1, 0.15) is 29.1 Å². The van der Waals surface area contributed by atoms with Gasteiger partial charge in [-0.3, -0.25) is 9.59 Å². The molecule has 2 heterocycles. The Bertz CT molecular complexity index is 1050. The molecule has 0 radical (unpaired) electrons. The fraction of sp³-hybridized carbons (Fsp3) is 0.261. The molecule has 0 spiro atoms. The van der Waals surface area contributed by atoms with Crippen molar-refractivity contribution in [3.63, 3.8) is 0 Å². The molecule has 30 heavy (non-hydrogen) atoms. The molecule has 4 rings (SSSR count). The summed E-state index contributed by atoms with van der Waals surface area (Å²) in [5.41, 5.74) is 1.80. The first kappa shape index (κ1) is 20.2. The Morgan fingerprint density at radius 2 is 1.87 bits per heavy atom. The van der Waals surface area contributed by atoms with E-state index in [1.54, 1.807) is 36.1 Å². The van der Waals surface area contributed by atoms with Gasteiger partial charge in [-0.05, 0) is 56.2 Å². The number of carbonyl (C=O) groups excluding carboxylic acids is 2. The van der Waals surface area contributed by atoms with Crippen LogP contribution in [0.4, 0.5) is 5.69 Å². The van der Waals surface area contributed by atoms with Crippen molar-refractivity contribution in [2.45, 2.75) is 19.8 Å². The van der Waals surface area contributed by atoms with Crippen molar-refractivity contribution in [1.82, 2.24) is 9.88 Å². The Kier molecular flexibility index (Phi) is 5.86. The van der Waals surface area contributed by atoms with Crippen LogP contribution in [0.5, 0.6) is 0 Å². The van der Waals surface area contributed by atoms with Crippen molar-refractivity contribution in [1.29, 1.82) is 0 Å². The molecule has 1 N–H and O–H groups in total. The van der Waals surface area contributed by atoms with Crippen molar-refractivity contribution >= 4 is 29.1 Å². The molecule has 0 aliphatic carbocycles. The van der Waals surface area contributed by atoms with Crippen LogP contribution in [0, 0.1) is 12.8 Å². The first-order chi connectivity index (χ1) is 14.5. The molecule has 0 bridgehead atoms. The summed E-state index contributed by atoms with van der Waals surface area (Å²) in [7, 11) is 0. The molecule has 154 valence electrons. The van der Waals surface area contributed by atoms with Gasteiger partial charge in [-0.1, -0.05) is 29.8 Å². The highest BCUT2D eigenvalue weighted by Gasteiger charge is 2.31. The lowest BCUT2D eigenvalue weighted by Crippen LogP contribution is -2.44. The van der Waals surface area contributed by atoms with E-state index >= 15 is 0 Å². The molecule has 6 nitrogen and oxygen atoms in total. The van der Waals surface area contributed by atoms with Crippen molar-refractivity contribution in [2.24, 2.45) is 5.92 Å². The van der Waals surface area contributed by atoms with Crippen molar-refractivity contribution in [2.75, 3.05) is 18.4 Å². The zero-order valence-electron chi connectivity index (χ0n) is 16.6. The van der Waals surface area contributed by atoms with Crippen LogP contribution in [0.25, 0.3) is 11.5 Å². The second-order valence-corrected chi connectivity index (χ2v) is 7.81. The van der Waals surface area contributed by atoms with Gasteiger partial charge >= 0.3 is 0 Å².